The Kier molecular flexibility index (Phi) is 3.75. The largest absolute Gasteiger partial charge is 1.00 e. The van der Waals surface area contributed by atoms with Gasteiger partial charge in [-0.1, -0.05) is 17.2 Å². The standard InChI is InChI=1S/C4H4OS.Na/c5-4-2-1-3-6-4;/h1-3,5H;/q;+1/p-1. The van der Waals surface area contributed by atoms with E-state index in [-0.39, 0.29) is 34.6 Å². The van der Waals surface area contributed by atoms with Crippen LogP contribution in [0.3, 0.4) is 0 Å². The molecule has 1 heterocycles. The van der Waals surface area contributed by atoms with E-state index in [1.54, 1.807) is 17.5 Å². The molecule has 0 radical (unpaired) electrons. The van der Waals surface area contributed by atoms with Crippen LogP contribution >= 0.6 is 11.3 Å². The summed E-state index contributed by atoms with van der Waals surface area (Å²) < 4.78 is 0. The van der Waals surface area contributed by atoms with Gasteiger partial charge in [-0.15, -0.1) is 0 Å². The van der Waals surface area contributed by atoms with Gasteiger partial charge in [-0.25, -0.2) is 0 Å². The Labute approximate surface area is 68.3 Å². The van der Waals surface area contributed by atoms with E-state index in [2.05, 4.69) is 0 Å². The molecule has 0 saturated heterocycles. The molecule has 1 aromatic heterocycles. The van der Waals surface area contributed by atoms with Gasteiger partial charge in [0.15, 0.2) is 0 Å². The molecule has 0 aliphatic heterocycles. The summed E-state index contributed by atoms with van der Waals surface area (Å²) in [5.41, 5.74) is 0. The summed E-state index contributed by atoms with van der Waals surface area (Å²) in [6, 6.07) is 3.29. The minimum Gasteiger partial charge on any atom is -0.865 e. The molecule has 0 fully saturated rings. The molecule has 1 rings (SSSR count). The maximum atomic E-state index is 10.1. The monoisotopic (exact) mass is 122 g/mol. The fourth-order valence-electron chi connectivity index (χ4n) is 0.263. The van der Waals surface area contributed by atoms with Crippen LogP contribution in [0.2, 0.25) is 0 Å². The van der Waals surface area contributed by atoms with E-state index in [9.17, 15) is 5.11 Å². The minimum absolute atomic E-state index is 0. The molecular weight excluding hydrogens is 119 g/mol. The first-order valence-corrected chi connectivity index (χ1v) is 2.48. The Morgan fingerprint density at radius 2 is 2.29 bits per heavy atom. The molecule has 0 saturated carbocycles. The van der Waals surface area contributed by atoms with Gasteiger partial charge in [0.2, 0.25) is 0 Å². The molecule has 1 aromatic rings. The second-order valence-corrected chi connectivity index (χ2v) is 1.84. The van der Waals surface area contributed by atoms with Crippen molar-refractivity contribution in [2.45, 2.75) is 0 Å². The summed E-state index contributed by atoms with van der Waals surface area (Å²) in [6.07, 6.45) is 0. The smallest absolute Gasteiger partial charge is 0.865 e. The summed E-state index contributed by atoms with van der Waals surface area (Å²) in [5, 5.41) is 12.0. The Morgan fingerprint density at radius 3 is 2.43 bits per heavy atom. The van der Waals surface area contributed by atoms with Gasteiger partial charge in [0, 0.05) is 0 Å². The molecule has 3 heteroatoms. The van der Waals surface area contributed by atoms with Crippen molar-refractivity contribution in [3.63, 3.8) is 0 Å². The van der Waals surface area contributed by atoms with E-state index >= 15 is 0 Å². The van der Waals surface area contributed by atoms with Crippen molar-refractivity contribution >= 4 is 11.3 Å². The van der Waals surface area contributed by atoms with Crippen LogP contribution in [0, 0.1) is 0 Å². The summed E-state index contributed by atoms with van der Waals surface area (Å²) in [4.78, 5) is 0. The second kappa shape index (κ2) is 3.50. The van der Waals surface area contributed by atoms with Gasteiger partial charge in [0.1, 0.15) is 0 Å². The quantitative estimate of drug-likeness (QED) is 0.359. The van der Waals surface area contributed by atoms with E-state index in [1.165, 1.54) is 11.3 Å². The van der Waals surface area contributed by atoms with Crippen molar-refractivity contribution in [2.24, 2.45) is 0 Å². The first-order chi connectivity index (χ1) is 2.89. The third-order valence-electron chi connectivity index (χ3n) is 0.495. The molecular formula is C4H3NaOS. The van der Waals surface area contributed by atoms with Crippen LogP contribution in [-0.2, 0) is 0 Å². The van der Waals surface area contributed by atoms with Crippen molar-refractivity contribution in [3.05, 3.63) is 17.5 Å². The Hall–Kier alpha value is 0.500. The predicted octanol–water partition coefficient (Wildman–Crippen LogP) is -2.17. The molecule has 0 bridgehead atoms. The van der Waals surface area contributed by atoms with Crippen LogP contribution in [0.4, 0.5) is 0 Å². The average molecular weight is 122 g/mol. The molecule has 32 valence electrons. The normalized spacial score (nSPS) is 7.43. The fraction of sp³-hybridized carbons (Fsp3) is 0. The van der Waals surface area contributed by atoms with E-state index in [1.807, 2.05) is 0 Å². The average Bonchev–Trinajstić information content (AvgIpc) is 1.86. The zero-order valence-electron chi connectivity index (χ0n) is 4.05. The molecule has 0 amide bonds. The molecule has 0 atom stereocenters. The molecule has 7 heavy (non-hydrogen) atoms. The van der Waals surface area contributed by atoms with E-state index in [4.69, 9.17) is 0 Å². The van der Waals surface area contributed by atoms with Gasteiger partial charge < -0.3 is 5.11 Å². The van der Waals surface area contributed by atoms with Gasteiger partial charge in [-0.3, -0.25) is 0 Å². The van der Waals surface area contributed by atoms with Gasteiger partial charge in [-0.05, 0) is 5.38 Å². The second-order valence-electron chi connectivity index (χ2n) is 0.932. The maximum Gasteiger partial charge on any atom is 1.00 e. The van der Waals surface area contributed by atoms with Crippen LogP contribution < -0.4 is 34.7 Å². The topological polar surface area (TPSA) is 23.1 Å². The van der Waals surface area contributed by atoms with Gasteiger partial charge in [0.05, 0.1) is 0 Å². The maximum absolute atomic E-state index is 10.1. The molecule has 0 spiro atoms. The van der Waals surface area contributed by atoms with Crippen molar-refractivity contribution in [3.8, 4) is 5.06 Å². The summed E-state index contributed by atoms with van der Waals surface area (Å²) in [7, 11) is 0. The van der Waals surface area contributed by atoms with Crippen molar-refractivity contribution < 1.29 is 34.7 Å². The number of hydrogen-bond donors (Lipinski definition) is 0. The minimum atomic E-state index is 0. The first kappa shape index (κ1) is 7.50. The molecule has 0 aliphatic rings. The number of rotatable bonds is 0. The molecule has 1 nitrogen and oxygen atoms in total. The summed E-state index contributed by atoms with van der Waals surface area (Å²) in [5.74, 6) is 0. The van der Waals surface area contributed by atoms with E-state index in [0.717, 1.165) is 0 Å². The predicted molar refractivity (Wildman–Crippen MR) is 23.8 cm³/mol. The SMILES string of the molecule is [Na+].[O-]c1cccs1. The molecule has 0 aliphatic carbocycles. The molecule has 0 aromatic carbocycles. The van der Waals surface area contributed by atoms with E-state index < -0.39 is 0 Å². The molecule has 0 N–H and O–H groups in total. The molecule has 0 unspecified atom stereocenters. The van der Waals surface area contributed by atoms with Crippen molar-refractivity contribution in [2.75, 3.05) is 0 Å². The third-order valence-corrected chi connectivity index (χ3v) is 1.16. The van der Waals surface area contributed by atoms with Crippen LogP contribution in [0.1, 0.15) is 0 Å². The fourth-order valence-corrected chi connectivity index (χ4v) is 0.712. The van der Waals surface area contributed by atoms with Gasteiger partial charge in [0.25, 0.3) is 0 Å². The van der Waals surface area contributed by atoms with Crippen LogP contribution in [-0.4, -0.2) is 0 Å². The van der Waals surface area contributed by atoms with Crippen molar-refractivity contribution in [1.29, 1.82) is 0 Å². The number of thiophene rings is 1. The summed E-state index contributed by atoms with van der Waals surface area (Å²) >= 11 is 1.22. The zero-order valence-corrected chi connectivity index (χ0v) is 6.87. The van der Waals surface area contributed by atoms with Crippen LogP contribution in [0.15, 0.2) is 17.5 Å². The van der Waals surface area contributed by atoms with Crippen LogP contribution in [0.5, 0.6) is 5.06 Å². The Balaban J connectivity index is 0.000000360. The van der Waals surface area contributed by atoms with Crippen molar-refractivity contribution in [1.82, 2.24) is 0 Å². The first-order valence-electron chi connectivity index (χ1n) is 1.60. The van der Waals surface area contributed by atoms with Gasteiger partial charge >= 0.3 is 29.6 Å². The summed E-state index contributed by atoms with van der Waals surface area (Å²) in [6.45, 7) is 0. The third kappa shape index (κ3) is 2.34. The van der Waals surface area contributed by atoms with Gasteiger partial charge in [-0.2, -0.15) is 11.3 Å². The van der Waals surface area contributed by atoms with Crippen LogP contribution in [0.25, 0.3) is 0 Å². The zero-order chi connectivity index (χ0) is 4.41. The van der Waals surface area contributed by atoms with E-state index in [0.29, 0.717) is 0 Å². The number of hydrogen-bond acceptors (Lipinski definition) is 2. The Morgan fingerprint density at radius 1 is 1.57 bits per heavy atom. The Bertz CT molecular complexity index is 115.